The number of nitrogens with two attached hydrogens (primary N) is 1. The van der Waals surface area contributed by atoms with Crippen molar-refractivity contribution in [2.24, 2.45) is 5.73 Å². The van der Waals surface area contributed by atoms with Crippen molar-refractivity contribution in [1.82, 2.24) is 4.98 Å². The van der Waals surface area contributed by atoms with Gasteiger partial charge in [-0.25, -0.2) is 13.8 Å². The molecule has 0 spiro atoms. The average Bonchev–Trinajstić information content (AvgIpc) is 2.44. The molecule has 112 valence electrons. The van der Waals surface area contributed by atoms with Crippen molar-refractivity contribution in [1.29, 1.82) is 0 Å². The van der Waals surface area contributed by atoms with Gasteiger partial charge >= 0.3 is 0 Å². The number of rotatable bonds is 4. The fraction of sp³-hybridized carbons (Fsp3) is 0.154. The Morgan fingerprint density at radius 1 is 1.24 bits per heavy atom. The number of sulfonamides is 1. The lowest BCUT2D eigenvalue weighted by Crippen LogP contribution is -2.16. The third-order valence-corrected chi connectivity index (χ3v) is 4.08. The minimum Gasteiger partial charge on any atom is -0.326 e. The molecule has 0 amide bonds. The number of hydrogen-bond acceptors (Lipinski definition) is 4. The van der Waals surface area contributed by atoms with Crippen LogP contribution < -0.4 is 10.5 Å². The van der Waals surface area contributed by atoms with E-state index in [-0.39, 0.29) is 17.1 Å². The third-order valence-electron chi connectivity index (χ3n) is 2.80. The predicted molar refractivity (Wildman–Crippen MR) is 74.0 cm³/mol. The van der Waals surface area contributed by atoms with Crippen LogP contribution in [0.4, 0.5) is 14.5 Å². The first-order chi connectivity index (χ1) is 9.83. The Hall–Kier alpha value is -2.06. The van der Waals surface area contributed by atoms with Gasteiger partial charge in [0.05, 0.1) is 5.69 Å². The summed E-state index contributed by atoms with van der Waals surface area (Å²) >= 11 is 0. The Morgan fingerprint density at radius 3 is 2.52 bits per heavy atom. The van der Waals surface area contributed by atoms with E-state index < -0.39 is 27.3 Å². The maximum atomic E-state index is 13.7. The van der Waals surface area contributed by atoms with Crippen molar-refractivity contribution in [2.75, 3.05) is 4.72 Å². The highest BCUT2D eigenvalue weighted by Crippen LogP contribution is 2.21. The second-order valence-electron chi connectivity index (χ2n) is 4.40. The molecule has 3 N–H and O–H groups in total. The molecule has 2 aromatic rings. The van der Waals surface area contributed by atoms with Crippen molar-refractivity contribution in [3.05, 3.63) is 53.2 Å². The summed E-state index contributed by atoms with van der Waals surface area (Å²) in [6.45, 7) is 1.60. The summed E-state index contributed by atoms with van der Waals surface area (Å²) in [4.78, 5) is 3.74. The molecule has 0 saturated heterocycles. The van der Waals surface area contributed by atoms with Crippen LogP contribution in [0, 0.1) is 18.6 Å². The molecule has 0 atom stereocenters. The molecule has 5 nitrogen and oxygen atoms in total. The normalized spacial score (nSPS) is 11.4. The third kappa shape index (κ3) is 3.34. The monoisotopic (exact) mass is 313 g/mol. The number of nitrogens with zero attached hydrogens (tertiary/aromatic N) is 1. The van der Waals surface area contributed by atoms with Crippen molar-refractivity contribution < 1.29 is 17.2 Å². The molecule has 0 unspecified atom stereocenters. The zero-order valence-electron chi connectivity index (χ0n) is 11.1. The number of benzene rings is 1. The van der Waals surface area contributed by atoms with Crippen LogP contribution in [0.2, 0.25) is 0 Å². The van der Waals surface area contributed by atoms with Crippen LogP contribution in [0.3, 0.4) is 0 Å². The van der Waals surface area contributed by atoms with Gasteiger partial charge in [-0.1, -0.05) is 6.07 Å². The van der Waals surface area contributed by atoms with E-state index in [1.54, 1.807) is 0 Å². The summed E-state index contributed by atoms with van der Waals surface area (Å²) in [7, 11) is -4.10. The summed E-state index contributed by atoms with van der Waals surface area (Å²) in [5, 5.41) is -0.305. The molecule has 0 saturated carbocycles. The van der Waals surface area contributed by atoms with E-state index in [9.17, 15) is 17.2 Å². The lowest BCUT2D eigenvalue weighted by molar-refractivity contribution is 0.589. The summed E-state index contributed by atoms with van der Waals surface area (Å²) < 4.78 is 53.2. The highest BCUT2D eigenvalue weighted by atomic mass is 32.2. The standard InChI is InChI=1S/C13H13F2N3O2S/c1-8-4-11(15)12(5-10(8)14)18-21(19,20)13-3-2-9(6-16)7-17-13/h2-5,7,18H,6,16H2,1H3. The smallest absolute Gasteiger partial charge is 0.279 e. The minimum atomic E-state index is -4.10. The molecule has 1 aromatic carbocycles. The van der Waals surface area contributed by atoms with Crippen LogP contribution in [0.5, 0.6) is 0 Å². The summed E-state index contributed by atoms with van der Waals surface area (Å²) in [5.41, 5.74) is 5.66. The molecule has 0 aliphatic heterocycles. The summed E-state index contributed by atoms with van der Waals surface area (Å²) in [6.07, 6.45) is 1.31. The van der Waals surface area contributed by atoms with Gasteiger partial charge in [0.1, 0.15) is 11.6 Å². The van der Waals surface area contributed by atoms with E-state index in [1.807, 2.05) is 4.72 Å². The average molecular weight is 313 g/mol. The fourth-order valence-electron chi connectivity index (χ4n) is 1.61. The number of anilines is 1. The van der Waals surface area contributed by atoms with Gasteiger partial charge in [0.25, 0.3) is 10.0 Å². The quantitative estimate of drug-likeness (QED) is 0.903. The van der Waals surface area contributed by atoms with E-state index >= 15 is 0 Å². The largest absolute Gasteiger partial charge is 0.326 e. The molecule has 0 fully saturated rings. The number of aromatic nitrogens is 1. The first kappa shape index (κ1) is 15.3. The van der Waals surface area contributed by atoms with Crippen LogP contribution >= 0.6 is 0 Å². The van der Waals surface area contributed by atoms with Crippen LogP contribution in [0.25, 0.3) is 0 Å². The first-order valence-electron chi connectivity index (χ1n) is 5.97. The molecule has 8 heteroatoms. The van der Waals surface area contributed by atoms with Crippen LogP contribution in [0.15, 0.2) is 35.5 Å². The van der Waals surface area contributed by atoms with Crippen molar-refractivity contribution in [3.63, 3.8) is 0 Å². The number of halogens is 2. The summed E-state index contributed by atoms with van der Waals surface area (Å²) in [5.74, 6) is -1.57. The Labute approximate surface area is 120 Å². The van der Waals surface area contributed by atoms with Gasteiger partial charge < -0.3 is 5.73 Å². The molecule has 1 heterocycles. The van der Waals surface area contributed by atoms with E-state index in [0.717, 1.165) is 12.1 Å². The van der Waals surface area contributed by atoms with Crippen LogP contribution in [-0.4, -0.2) is 13.4 Å². The molecule has 0 radical (unpaired) electrons. The zero-order chi connectivity index (χ0) is 15.6. The predicted octanol–water partition coefficient (Wildman–Crippen LogP) is 1.93. The summed E-state index contributed by atoms with van der Waals surface area (Å²) in [6, 6.07) is 4.44. The molecule has 0 bridgehead atoms. The molecular weight excluding hydrogens is 300 g/mol. The number of nitrogens with one attached hydrogen (secondary N) is 1. The van der Waals surface area contributed by atoms with Gasteiger partial charge in [-0.2, -0.15) is 8.42 Å². The van der Waals surface area contributed by atoms with Crippen molar-refractivity contribution in [3.8, 4) is 0 Å². The molecule has 1 aromatic heterocycles. The van der Waals surface area contributed by atoms with E-state index in [4.69, 9.17) is 5.73 Å². The van der Waals surface area contributed by atoms with Gasteiger partial charge in [0.15, 0.2) is 5.03 Å². The van der Waals surface area contributed by atoms with Gasteiger partial charge in [0.2, 0.25) is 0 Å². The second kappa shape index (κ2) is 5.74. The molecular formula is C13H13F2N3O2S. The van der Waals surface area contributed by atoms with Gasteiger partial charge in [-0.05, 0) is 30.2 Å². The zero-order valence-corrected chi connectivity index (χ0v) is 11.9. The first-order valence-corrected chi connectivity index (χ1v) is 7.45. The van der Waals surface area contributed by atoms with Gasteiger partial charge in [0, 0.05) is 18.8 Å². The maximum Gasteiger partial charge on any atom is 0.279 e. The fourth-order valence-corrected chi connectivity index (χ4v) is 2.60. The number of hydrogen-bond donors (Lipinski definition) is 2. The SMILES string of the molecule is Cc1cc(F)c(NS(=O)(=O)c2ccc(CN)cn2)cc1F. The highest BCUT2D eigenvalue weighted by Gasteiger charge is 2.18. The number of pyridine rings is 1. The van der Waals surface area contributed by atoms with E-state index in [0.29, 0.717) is 5.56 Å². The van der Waals surface area contributed by atoms with Crippen LogP contribution in [-0.2, 0) is 16.6 Å². The molecule has 0 aliphatic rings. The van der Waals surface area contributed by atoms with E-state index in [2.05, 4.69) is 4.98 Å². The Morgan fingerprint density at radius 2 is 1.95 bits per heavy atom. The molecule has 21 heavy (non-hydrogen) atoms. The van der Waals surface area contributed by atoms with Crippen molar-refractivity contribution in [2.45, 2.75) is 18.5 Å². The maximum absolute atomic E-state index is 13.7. The van der Waals surface area contributed by atoms with E-state index in [1.165, 1.54) is 25.3 Å². The second-order valence-corrected chi connectivity index (χ2v) is 6.02. The lowest BCUT2D eigenvalue weighted by atomic mass is 10.2. The topological polar surface area (TPSA) is 85.1 Å². The Bertz CT molecular complexity index is 762. The van der Waals surface area contributed by atoms with Gasteiger partial charge in [-0.15, -0.1) is 0 Å². The Kier molecular flexibility index (Phi) is 4.19. The Balaban J connectivity index is 2.34. The van der Waals surface area contributed by atoms with Gasteiger partial charge in [-0.3, -0.25) is 4.72 Å². The molecule has 2 rings (SSSR count). The number of aryl methyl sites for hydroxylation is 1. The lowest BCUT2D eigenvalue weighted by Gasteiger charge is -2.09. The van der Waals surface area contributed by atoms with Crippen molar-refractivity contribution >= 4 is 15.7 Å². The minimum absolute atomic E-state index is 0.0841. The van der Waals surface area contributed by atoms with Crippen LogP contribution in [0.1, 0.15) is 11.1 Å². The highest BCUT2D eigenvalue weighted by molar-refractivity contribution is 7.92. The molecule has 0 aliphatic carbocycles.